The van der Waals surface area contributed by atoms with Gasteiger partial charge in [0.15, 0.2) is 0 Å². The summed E-state index contributed by atoms with van der Waals surface area (Å²) in [5.41, 5.74) is 1.34. The van der Waals surface area contributed by atoms with E-state index in [0.717, 1.165) is 0 Å². The highest BCUT2D eigenvalue weighted by Gasteiger charge is 2.27. The minimum Gasteiger partial charge on any atom is -0.506 e. The fourth-order valence-electron chi connectivity index (χ4n) is 2.85. The normalized spacial score (nSPS) is 11.2. The molecule has 0 aliphatic carbocycles. The Hall–Kier alpha value is -2.83. The fourth-order valence-corrected chi connectivity index (χ4v) is 4.63. The molecule has 0 atom stereocenters. The standard InChI is InChI=1S/C21H18ClNO4S/c1-13-12-18(23-21(25)15-6-4-3-5-7-15)14(2)20(19(13)24)28(26,27)17-10-8-16(22)9-11-17/h3-12,24H,1-2H3,(H,23,25). The molecule has 0 heterocycles. The smallest absolute Gasteiger partial charge is 0.255 e. The highest BCUT2D eigenvalue weighted by molar-refractivity contribution is 7.91. The Bertz CT molecular complexity index is 1140. The summed E-state index contributed by atoms with van der Waals surface area (Å²) in [4.78, 5) is 12.3. The van der Waals surface area contributed by atoms with Crippen LogP contribution in [0.25, 0.3) is 0 Å². The number of halogens is 1. The van der Waals surface area contributed by atoms with E-state index in [4.69, 9.17) is 11.6 Å². The lowest BCUT2D eigenvalue weighted by molar-refractivity contribution is 0.102. The van der Waals surface area contributed by atoms with Crippen LogP contribution < -0.4 is 5.32 Å². The molecule has 0 spiro atoms. The molecule has 0 radical (unpaired) electrons. The maximum atomic E-state index is 13.1. The Morgan fingerprint density at radius 1 is 1.00 bits per heavy atom. The van der Waals surface area contributed by atoms with Gasteiger partial charge < -0.3 is 10.4 Å². The molecule has 3 aromatic carbocycles. The minimum absolute atomic E-state index is 0.00114. The van der Waals surface area contributed by atoms with Crippen LogP contribution in [-0.2, 0) is 9.84 Å². The van der Waals surface area contributed by atoms with Gasteiger partial charge in [-0.2, -0.15) is 0 Å². The van der Waals surface area contributed by atoms with Gasteiger partial charge in [-0.25, -0.2) is 8.42 Å². The van der Waals surface area contributed by atoms with Crippen LogP contribution in [0.4, 0.5) is 5.69 Å². The molecule has 5 nitrogen and oxygen atoms in total. The summed E-state index contributed by atoms with van der Waals surface area (Å²) in [6, 6.07) is 15.8. The maximum Gasteiger partial charge on any atom is 0.255 e. The van der Waals surface area contributed by atoms with Crippen LogP contribution in [0.5, 0.6) is 5.75 Å². The summed E-state index contributed by atoms with van der Waals surface area (Å²) >= 11 is 5.84. The van der Waals surface area contributed by atoms with Crippen molar-refractivity contribution in [1.29, 1.82) is 0 Å². The monoisotopic (exact) mass is 415 g/mol. The van der Waals surface area contributed by atoms with Gasteiger partial charge in [-0.15, -0.1) is 0 Å². The molecule has 0 saturated heterocycles. The van der Waals surface area contributed by atoms with Crippen molar-refractivity contribution < 1.29 is 18.3 Å². The predicted molar refractivity (Wildman–Crippen MR) is 109 cm³/mol. The van der Waals surface area contributed by atoms with E-state index in [-0.39, 0.29) is 27.0 Å². The Kier molecular flexibility index (Phi) is 5.45. The van der Waals surface area contributed by atoms with Gasteiger partial charge in [-0.3, -0.25) is 4.79 Å². The van der Waals surface area contributed by atoms with Crippen molar-refractivity contribution in [2.24, 2.45) is 0 Å². The first-order valence-corrected chi connectivity index (χ1v) is 10.3. The van der Waals surface area contributed by atoms with Crippen molar-refractivity contribution in [3.8, 4) is 5.75 Å². The number of aromatic hydroxyl groups is 1. The molecule has 7 heteroatoms. The van der Waals surface area contributed by atoms with Gasteiger partial charge in [0, 0.05) is 16.3 Å². The average Bonchev–Trinajstić information content (AvgIpc) is 2.67. The van der Waals surface area contributed by atoms with Crippen molar-refractivity contribution in [2.45, 2.75) is 23.6 Å². The van der Waals surface area contributed by atoms with Gasteiger partial charge in [0.25, 0.3) is 5.91 Å². The molecule has 3 rings (SSSR count). The molecule has 0 fully saturated rings. The van der Waals surface area contributed by atoms with Gasteiger partial charge >= 0.3 is 0 Å². The van der Waals surface area contributed by atoms with Crippen LogP contribution in [0.3, 0.4) is 0 Å². The number of benzene rings is 3. The second-order valence-corrected chi connectivity index (χ2v) is 8.64. The first-order valence-electron chi connectivity index (χ1n) is 8.42. The maximum absolute atomic E-state index is 13.1. The van der Waals surface area contributed by atoms with Gasteiger partial charge in [-0.05, 0) is 67.4 Å². The van der Waals surface area contributed by atoms with E-state index in [0.29, 0.717) is 21.8 Å². The van der Waals surface area contributed by atoms with Gasteiger partial charge in [0.05, 0.1) is 4.90 Å². The predicted octanol–water partition coefficient (Wildman–Crippen LogP) is 4.75. The second kappa shape index (κ2) is 7.66. The molecule has 0 bridgehead atoms. The van der Waals surface area contributed by atoms with Crippen molar-refractivity contribution >= 4 is 33.0 Å². The summed E-state index contributed by atoms with van der Waals surface area (Å²) in [6.07, 6.45) is 0. The summed E-state index contributed by atoms with van der Waals surface area (Å²) in [5.74, 6) is -0.714. The Morgan fingerprint density at radius 3 is 2.21 bits per heavy atom. The fraction of sp³-hybridized carbons (Fsp3) is 0.0952. The van der Waals surface area contributed by atoms with E-state index >= 15 is 0 Å². The lowest BCUT2D eigenvalue weighted by atomic mass is 10.1. The lowest BCUT2D eigenvalue weighted by Gasteiger charge is -2.17. The summed E-state index contributed by atoms with van der Waals surface area (Å²) in [6.45, 7) is 3.12. The Balaban J connectivity index is 2.10. The number of phenolic OH excluding ortho intramolecular Hbond substituents is 1. The number of hydrogen-bond donors (Lipinski definition) is 2. The number of anilines is 1. The molecule has 0 unspecified atom stereocenters. The van der Waals surface area contributed by atoms with Crippen molar-refractivity contribution in [3.63, 3.8) is 0 Å². The number of carbonyl (C=O) groups excluding carboxylic acids is 1. The number of rotatable bonds is 4. The number of amides is 1. The summed E-state index contributed by atoms with van der Waals surface area (Å²) in [5, 5.41) is 13.6. The van der Waals surface area contributed by atoms with E-state index in [9.17, 15) is 18.3 Å². The van der Waals surface area contributed by atoms with E-state index in [1.807, 2.05) is 0 Å². The third-order valence-electron chi connectivity index (χ3n) is 4.37. The van der Waals surface area contributed by atoms with Crippen LogP contribution in [-0.4, -0.2) is 19.4 Å². The number of hydrogen-bond acceptors (Lipinski definition) is 4. The number of carbonyl (C=O) groups is 1. The molecule has 3 aromatic rings. The van der Waals surface area contributed by atoms with Gasteiger partial charge in [-0.1, -0.05) is 29.8 Å². The molecule has 0 aliphatic rings. The topological polar surface area (TPSA) is 83.5 Å². The highest BCUT2D eigenvalue weighted by atomic mass is 35.5. The van der Waals surface area contributed by atoms with Crippen LogP contribution in [0.15, 0.2) is 70.5 Å². The highest BCUT2D eigenvalue weighted by Crippen LogP contribution is 2.38. The van der Waals surface area contributed by atoms with Crippen molar-refractivity contribution in [1.82, 2.24) is 0 Å². The van der Waals surface area contributed by atoms with Crippen LogP contribution in [0, 0.1) is 13.8 Å². The van der Waals surface area contributed by atoms with Crippen LogP contribution >= 0.6 is 11.6 Å². The van der Waals surface area contributed by atoms with E-state index < -0.39 is 9.84 Å². The van der Waals surface area contributed by atoms with E-state index in [1.165, 1.54) is 24.3 Å². The SMILES string of the molecule is Cc1cc(NC(=O)c2ccccc2)c(C)c(S(=O)(=O)c2ccc(Cl)cc2)c1O. The lowest BCUT2D eigenvalue weighted by Crippen LogP contribution is -2.15. The average molecular weight is 416 g/mol. The van der Waals surface area contributed by atoms with Crippen molar-refractivity contribution in [2.75, 3.05) is 5.32 Å². The quantitative estimate of drug-likeness (QED) is 0.602. The number of sulfone groups is 1. The first kappa shape index (κ1) is 19.9. The zero-order valence-electron chi connectivity index (χ0n) is 15.2. The molecule has 2 N–H and O–H groups in total. The van der Waals surface area contributed by atoms with Crippen LogP contribution in [0.2, 0.25) is 5.02 Å². The van der Waals surface area contributed by atoms with Crippen molar-refractivity contribution in [3.05, 3.63) is 82.4 Å². The van der Waals surface area contributed by atoms with Gasteiger partial charge in [0.1, 0.15) is 10.6 Å². The first-order chi connectivity index (χ1) is 13.2. The largest absolute Gasteiger partial charge is 0.506 e. The summed E-state index contributed by atoms with van der Waals surface area (Å²) in [7, 11) is -4.02. The molecule has 1 amide bonds. The Morgan fingerprint density at radius 2 is 1.61 bits per heavy atom. The number of nitrogens with one attached hydrogen (secondary N) is 1. The van der Waals surface area contributed by atoms with Crippen LogP contribution in [0.1, 0.15) is 21.5 Å². The zero-order chi connectivity index (χ0) is 20.5. The third-order valence-corrected chi connectivity index (χ3v) is 6.55. The summed E-state index contributed by atoms with van der Waals surface area (Å²) < 4.78 is 26.3. The molecular weight excluding hydrogens is 398 g/mol. The van der Waals surface area contributed by atoms with E-state index in [1.54, 1.807) is 50.2 Å². The minimum atomic E-state index is -4.02. The molecule has 28 heavy (non-hydrogen) atoms. The number of phenols is 1. The molecule has 0 aromatic heterocycles. The van der Waals surface area contributed by atoms with Gasteiger partial charge in [0.2, 0.25) is 9.84 Å². The molecule has 0 aliphatic heterocycles. The zero-order valence-corrected chi connectivity index (χ0v) is 16.8. The molecule has 144 valence electrons. The number of aryl methyl sites for hydroxylation is 1. The molecular formula is C21H18ClNO4S. The second-order valence-electron chi connectivity index (χ2n) is 6.32. The third kappa shape index (κ3) is 3.74. The Labute approximate surface area is 168 Å². The molecule has 0 saturated carbocycles. The van der Waals surface area contributed by atoms with E-state index in [2.05, 4.69) is 5.32 Å².